The van der Waals surface area contributed by atoms with Gasteiger partial charge < -0.3 is 0 Å². The minimum absolute atomic E-state index is 0.848. The van der Waals surface area contributed by atoms with E-state index in [1.54, 1.807) is 0 Å². The summed E-state index contributed by atoms with van der Waals surface area (Å²) >= 11 is 0. The van der Waals surface area contributed by atoms with E-state index in [-0.39, 0.29) is 0 Å². The van der Waals surface area contributed by atoms with Crippen molar-refractivity contribution in [3.05, 3.63) is 0 Å². The topological polar surface area (TPSA) is 0 Å². The maximum absolute atomic E-state index is 2.46. The first kappa shape index (κ1) is 14.1. The van der Waals surface area contributed by atoms with Crippen molar-refractivity contribution in [2.45, 2.75) is 73.1 Å². The largest absolute Gasteiger partial charge is 0.0654 e. The minimum atomic E-state index is 0.848. The van der Waals surface area contributed by atoms with Gasteiger partial charge in [-0.3, -0.25) is 0 Å². The molecule has 16 heavy (non-hydrogen) atoms. The highest BCUT2D eigenvalue weighted by Gasteiger charge is 2.30. The molecule has 0 aromatic rings. The molecule has 1 saturated carbocycles. The van der Waals surface area contributed by atoms with Gasteiger partial charge in [-0.1, -0.05) is 53.9 Å². The summed E-state index contributed by atoms with van der Waals surface area (Å²) < 4.78 is 0. The lowest BCUT2D eigenvalue weighted by atomic mass is 9.81. The van der Waals surface area contributed by atoms with Crippen LogP contribution in [0.15, 0.2) is 0 Å². The van der Waals surface area contributed by atoms with Crippen LogP contribution in [0.5, 0.6) is 0 Å². The second-order valence-electron chi connectivity index (χ2n) is 6.54. The van der Waals surface area contributed by atoms with Crippen LogP contribution < -0.4 is 0 Å². The zero-order valence-electron chi connectivity index (χ0n) is 12.1. The average molecular weight is 224 g/mol. The molecule has 1 aliphatic carbocycles. The molecule has 0 amide bonds. The Kier molecular flexibility index (Phi) is 5.86. The van der Waals surface area contributed by atoms with E-state index >= 15 is 0 Å². The molecule has 96 valence electrons. The quantitative estimate of drug-likeness (QED) is 0.509. The maximum Gasteiger partial charge on any atom is -0.0386 e. The molecule has 0 bridgehead atoms. The van der Waals surface area contributed by atoms with Gasteiger partial charge in [-0.05, 0) is 48.9 Å². The Labute approximate surface area is 103 Å². The van der Waals surface area contributed by atoms with Crippen LogP contribution in [0.25, 0.3) is 0 Å². The third-order valence-electron chi connectivity index (χ3n) is 4.89. The third kappa shape index (κ3) is 4.47. The maximum atomic E-state index is 2.46. The standard InChI is InChI=1S/C16H32/c1-6-7-15(16-10-11-16)9-8-13(4)14(5)12(2)3/h12-16H,6-11H2,1-5H3. The van der Waals surface area contributed by atoms with Gasteiger partial charge in [0.1, 0.15) is 0 Å². The zero-order valence-corrected chi connectivity index (χ0v) is 12.1. The van der Waals surface area contributed by atoms with Gasteiger partial charge in [0.05, 0.1) is 0 Å². The van der Waals surface area contributed by atoms with E-state index < -0.39 is 0 Å². The zero-order chi connectivity index (χ0) is 12.1. The third-order valence-corrected chi connectivity index (χ3v) is 4.89. The Bertz CT molecular complexity index is 178. The van der Waals surface area contributed by atoms with Gasteiger partial charge in [-0.25, -0.2) is 0 Å². The molecule has 0 heterocycles. The van der Waals surface area contributed by atoms with Crippen LogP contribution in [-0.2, 0) is 0 Å². The Morgan fingerprint density at radius 3 is 2.00 bits per heavy atom. The van der Waals surface area contributed by atoms with Crippen molar-refractivity contribution < 1.29 is 0 Å². The van der Waals surface area contributed by atoms with Crippen LogP contribution in [0.2, 0.25) is 0 Å². The van der Waals surface area contributed by atoms with Gasteiger partial charge in [0, 0.05) is 0 Å². The molecule has 0 aromatic carbocycles. The summed E-state index contributed by atoms with van der Waals surface area (Å²) in [7, 11) is 0. The van der Waals surface area contributed by atoms with Gasteiger partial charge in [-0.15, -0.1) is 0 Å². The molecule has 0 N–H and O–H groups in total. The summed E-state index contributed by atoms with van der Waals surface area (Å²) in [5, 5.41) is 0. The van der Waals surface area contributed by atoms with Crippen molar-refractivity contribution >= 4 is 0 Å². The highest BCUT2D eigenvalue weighted by atomic mass is 14.4. The fourth-order valence-electron chi connectivity index (χ4n) is 2.95. The number of rotatable bonds is 8. The van der Waals surface area contributed by atoms with Crippen LogP contribution in [0.4, 0.5) is 0 Å². The van der Waals surface area contributed by atoms with Gasteiger partial charge >= 0.3 is 0 Å². The van der Waals surface area contributed by atoms with Gasteiger partial charge in [0.25, 0.3) is 0 Å². The highest BCUT2D eigenvalue weighted by Crippen LogP contribution is 2.42. The molecule has 1 fully saturated rings. The molecule has 0 saturated heterocycles. The van der Waals surface area contributed by atoms with Gasteiger partial charge in [-0.2, -0.15) is 0 Å². The molecule has 3 unspecified atom stereocenters. The molecule has 0 spiro atoms. The summed E-state index contributed by atoms with van der Waals surface area (Å²) in [6.45, 7) is 12.0. The first-order chi connectivity index (χ1) is 7.56. The van der Waals surface area contributed by atoms with E-state index in [2.05, 4.69) is 34.6 Å². The smallest absolute Gasteiger partial charge is 0.0386 e. The Balaban J connectivity index is 2.25. The van der Waals surface area contributed by atoms with Gasteiger partial charge in [0.2, 0.25) is 0 Å². The molecule has 0 nitrogen and oxygen atoms in total. The van der Waals surface area contributed by atoms with E-state index in [0.29, 0.717) is 0 Å². The second-order valence-corrected chi connectivity index (χ2v) is 6.54. The molecule has 0 radical (unpaired) electrons. The average Bonchev–Trinajstić information content (AvgIpc) is 3.06. The Morgan fingerprint density at radius 2 is 1.56 bits per heavy atom. The number of hydrogen-bond donors (Lipinski definition) is 0. The van der Waals surface area contributed by atoms with E-state index in [1.165, 1.54) is 38.5 Å². The van der Waals surface area contributed by atoms with Crippen molar-refractivity contribution in [2.75, 3.05) is 0 Å². The molecular weight excluding hydrogens is 192 g/mol. The van der Waals surface area contributed by atoms with E-state index in [1.807, 2.05) is 0 Å². The SMILES string of the molecule is CCCC(CCC(C)C(C)C(C)C)C1CC1. The van der Waals surface area contributed by atoms with Crippen LogP contribution in [0.3, 0.4) is 0 Å². The van der Waals surface area contributed by atoms with E-state index in [9.17, 15) is 0 Å². The highest BCUT2D eigenvalue weighted by molar-refractivity contribution is 4.81. The predicted octanol–water partition coefficient (Wildman–Crippen LogP) is 5.52. The Morgan fingerprint density at radius 1 is 0.938 bits per heavy atom. The summed E-state index contributed by atoms with van der Waals surface area (Å²) in [6.07, 6.45) is 8.87. The molecular formula is C16H32. The van der Waals surface area contributed by atoms with Gasteiger partial charge in [0.15, 0.2) is 0 Å². The monoisotopic (exact) mass is 224 g/mol. The summed E-state index contributed by atoms with van der Waals surface area (Å²) in [6, 6.07) is 0. The fraction of sp³-hybridized carbons (Fsp3) is 1.00. The van der Waals surface area contributed by atoms with Crippen LogP contribution in [0.1, 0.15) is 73.1 Å². The lowest BCUT2D eigenvalue weighted by molar-refractivity contribution is 0.252. The van der Waals surface area contributed by atoms with Crippen molar-refractivity contribution in [1.82, 2.24) is 0 Å². The molecule has 1 aliphatic rings. The first-order valence-corrected chi connectivity index (χ1v) is 7.56. The minimum Gasteiger partial charge on any atom is -0.0654 e. The van der Waals surface area contributed by atoms with E-state index in [4.69, 9.17) is 0 Å². The van der Waals surface area contributed by atoms with Crippen LogP contribution >= 0.6 is 0 Å². The van der Waals surface area contributed by atoms with Crippen molar-refractivity contribution in [2.24, 2.45) is 29.6 Å². The van der Waals surface area contributed by atoms with Crippen molar-refractivity contribution in [3.63, 3.8) is 0 Å². The first-order valence-electron chi connectivity index (χ1n) is 7.56. The Hall–Kier alpha value is 0. The van der Waals surface area contributed by atoms with E-state index in [0.717, 1.165) is 29.6 Å². The molecule has 0 aromatic heterocycles. The summed E-state index contributed by atoms with van der Waals surface area (Å²) in [5.74, 6) is 4.83. The molecule has 0 heteroatoms. The molecule has 0 aliphatic heterocycles. The number of hydrogen-bond acceptors (Lipinski definition) is 0. The normalized spacial score (nSPS) is 22.1. The van der Waals surface area contributed by atoms with Crippen LogP contribution in [-0.4, -0.2) is 0 Å². The van der Waals surface area contributed by atoms with Crippen molar-refractivity contribution in [3.8, 4) is 0 Å². The fourth-order valence-corrected chi connectivity index (χ4v) is 2.95. The second kappa shape index (κ2) is 6.67. The predicted molar refractivity (Wildman–Crippen MR) is 73.5 cm³/mol. The summed E-state index contributed by atoms with van der Waals surface area (Å²) in [5.41, 5.74) is 0. The lowest BCUT2D eigenvalue weighted by Gasteiger charge is -2.25. The lowest BCUT2D eigenvalue weighted by Crippen LogP contribution is -2.16. The molecule has 3 atom stereocenters. The van der Waals surface area contributed by atoms with Crippen molar-refractivity contribution in [1.29, 1.82) is 0 Å². The van der Waals surface area contributed by atoms with Crippen LogP contribution in [0, 0.1) is 29.6 Å². The summed E-state index contributed by atoms with van der Waals surface area (Å²) in [4.78, 5) is 0. The molecule has 1 rings (SSSR count).